The predicted molar refractivity (Wildman–Crippen MR) is 78.2 cm³/mol. The van der Waals surface area contributed by atoms with Gasteiger partial charge in [-0.05, 0) is 43.9 Å². The largest absolute Gasteiger partial charge is 0.481 e. The van der Waals surface area contributed by atoms with E-state index in [2.05, 4.69) is 5.32 Å². The molecule has 120 valence electrons. The smallest absolute Gasteiger partial charge is 0.317 e. The van der Waals surface area contributed by atoms with Crippen molar-refractivity contribution in [3.8, 4) is 0 Å². The van der Waals surface area contributed by atoms with Gasteiger partial charge in [-0.3, -0.25) is 4.79 Å². The zero-order chi connectivity index (χ0) is 15.3. The van der Waals surface area contributed by atoms with Gasteiger partial charge in [-0.25, -0.2) is 4.79 Å². The van der Waals surface area contributed by atoms with E-state index in [0.717, 1.165) is 45.1 Å². The molecule has 0 aromatic carbocycles. The van der Waals surface area contributed by atoms with Crippen LogP contribution in [0, 0.1) is 5.41 Å². The van der Waals surface area contributed by atoms with E-state index in [0.29, 0.717) is 13.1 Å². The molecular formula is C15H26N2O4. The molecule has 2 rings (SSSR count). The van der Waals surface area contributed by atoms with Crippen molar-refractivity contribution in [2.75, 3.05) is 26.8 Å². The normalized spacial score (nSPS) is 23.7. The molecule has 1 saturated carbocycles. The second-order valence-corrected chi connectivity index (χ2v) is 6.34. The number of nitrogens with zero attached hydrogens (tertiary/aromatic N) is 1. The molecule has 1 unspecified atom stereocenters. The summed E-state index contributed by atoms with van der Waals surface area (Å²) in [5.41, 5.74) is 0.212. The molecule has 0 bridgehead atoms. The molecule has 1 atom stereocenters. The molecule has 1 heterocycles. The highest BCUT2D eigenvalue weighted by atomic mass is 16.5. The second-order valence-electron chi connectivity index (χ2n) is 6.34. The number of aliphatic carboxylic acids is 1. The minimum Gasteiger partial charge on any atom is -0.481 e. The van der Waals surface area contributed by atoms with E-state index in [9.17, 15) is 9.59 Å². The van der Waals surface area contributed by atoms with E-state index in [1.165, 1.54) is 0 Å². The molecule has 1 aliphatic heterocycles. The zero-order valence-electron chi connectivity index (χ0n) is 12.8. The van der Waals surface area contributed by atoms with E-state index in [-0.39, 0.29) is 23.9 Å². The Morgan fingerprint density at radius 3 is 2.76 bits per heavy atom. The Hall–Kier alpha value is -1.30. The summed E-state index contributed by atoms with van der Waals surface area (Å²) in [5, 5.41) is 12.0. The third-order valence-corrected chi connectivity index (χ3v) is 4.71. The molecule has 0 aromatic rings. The van der Waals surface area contributed by atoms with Crippen LogP contribution in [-0.2, 0) is 9.53 Å². The Morgan fingerprint density at radius 1 is 1.38 bits per heavy atom. The summed E-state index contributed by atoms with van der Waals surface area (Å²) in [4.78, 5) is 24.9. The van der Waals surface area contributed by atoms with Crippen LogP contribution < -0.4 is 5.32 Å². The van der Waals surface area contributed by atoms with Gasteiger partial charge >= 0.3 is 12.0 Å². The van der Waals surface area contributed by atoms with Gasteiger partial charge in [0, 0.05) is 32.8 Å². The highest BCUT2D eigenvalue weighted by Gasteiger charge is 2.42. The fourth-order valence-corrected chi connectivity index (χ4v) is 3.06. The standard InChI is InChI=1S/C15H26N2O4/c1-21-9-7-15(5-6-15)11-16-14(20)17-8-3-2-4-12(17)10-13(18)19/h12H,2-11H2,1H3,(H,16,20)(H,18,19). The lowest BCUT2D eigenvalue weighted by Gasteiger charge is -2.35. The van der Waals surface area contributed by atoms with Gasteiger partial charge < -0.3 is 20.1 Å². The van der Waals surface area contributed by atoms with Crippen LogP contribution in [-0.4, -0.2) is 54.9 Å². The monoisotopic (exact) mass is 298 g/mol. The molecule has 0 spiro atoms. The maximum absolute atomic E-state index is 12.3. The second kappa shape index (κ2) is 7.11. The first-order chi connectivity index (χ1) is 10.1. The van der Waals surface area contributed by atoms with Gasteiger partial charge in [0.1, 0.15) is 0 Å². The third-order valence-electron chi connectivity index (χ3n) is 4.71. The molecule has 2 fully saturated rings. The van der Waals surface area contributed by atoms with Gasteiger partial charge in [-0.15, -0.1) is 0 Å². The molecule has 1 saturated heterocycles. The number of urea groups is 1. The first-order valence-electron chi connectivity index (χ1n) is 7.81. The number of amides is 2. The van der Waals surface area contributed by atoms with Crippen LogP contribution in [0.5, 0.6) is 0 Å². The lowest BCUT2D eigenvalue weighted by Crippen LogP contribution is -2.50. The number of hydrogen-bond donors (Lipinski definition) is 2. The van der Waals surface area contributed by atoms with Crippen LogP contribution in [0.3, 0.4) is 0 Å². The highest BCUT2D eigenvalue weighted by Crippen LogP contribution is 2.48. The molecule has 21 heavy (non-hydrogen) atoms. The Morgan fingerprint density at radius 2 is 2.14 bits per heavy atom. The summed E-state index contributed by atoms with van der Waals surface area (Å²) < 4.78 is 5.11. The average Bonchev–Trinajstić information content (AvgIpc) is 3.23. The van der Waals surface area contributed by atoms with Gasteiger partial charge in [0.05, 0.1) is 6.42 Å². The minimum atomic E-state index is -0.835. The lowest BCUT2D eigenvalue weighted by molar-refractivity contribution is -0.138. The number of carboxylic acids is 1. The summed E-state index contributed by atoms with van der Waals surface area (Å²) in [6, 6.07) is -0.268. The van der Waals surface area contributed by atoms with Gasteiger partial charge in [0.15, 0.2) is 0 Å². The molecule has 2 amide bonds. The number of ether oxygens (including phenoxy) is 1. The van der Waals surface area contributed by atoms with Crippen molar-refractivity contribution >= 4 is 12.0 Å². The number of carboxylic acid groups (broad SMARTS) is 1. The zero-order valence-corrected chi connectivity index (χ0v) is 12.8. The topological polar surface area (TPSA) is 78.9 Å². The van der Waals surface area contributed by atoms with Crippen molar-refractivity contribution in [2.45, 2.75) is 51.0 Å². The van der Waals surface area contributed by atoms with Crippen LogP contribution in [0.4, 0.5) is 4.79 Å². The molecule has 2 N–H and O–H groups in total. The van der Waals surface area contributed by atoms with Crippen LogP contribution in [0.15, 0.2) is 0 Å². The first-order valence-corrected chi connectivity index (χ1v) is 7.81. The number of hydrogen-bond acceptors (Lipinski definition) is 3. The van der Waals surface area contributed by atoms with Crippen molar-refractivity contribution in [1.82, 2.24) is 10.2 Å². The summed E-state index contributed by atoms with van der Waals surface area (Å²) in [5.74, 6) is -0.835. The summed E-state index contributed by atoms with van der Waals surface area (Å²) >= 11 is 0. The number of carbonyl (C=O) groups excluding carboxylic acids is 1. The number of rotatable bonds is 7. The molecular weight excluding hydrogens is 272 g/mol. The highest BCUT2D eigenvalue weighted by molar-refractivity contribution is 5.76. The fourth-order valence-electron chi connectivity index (χ4n) is 3.06. The van der Waals surface area contributed by atoms with Crippen molar-refractivity contribution in [3.05, 3.63) is 0 Å². The molecule has 6 nitrogen and oxygen atoms in total. The van der Waals surface area contributed by atoms with Gasteiger partial charge in [-0.2, -0.15) is 0 Å². The Bertz CT molecular complexity index is 382. The average molecular weight is 298 g/mol. The number of carbonyl (C=O) groups is 2. The molecule has 0 aromatic heterocycles. The predicted octanol–water partition coefficient (Wildman–Crippen LogP) is 1.84. The number of likely N-dealkylation sites (tertiary alicyclic amines) is 1. The maximum Gasteiger partial charge on any atom is 0.317 e. The summed E-state index contributed by atoms with van der Waals surface area (Å²) in [6.45, 7) is 2.06. The lowest BCUT2D eigenvalue weighted by atomic mass is 9.99. The molecule has 0 radical (unpaired) electrons. The Kier molecular flexibility index (Phi) is 5.45. The summed E-state index contributed by atoms with van der Waals surface area (Å²) in [7, 11) is 1.69. The number of nitrogens with one attached hydrogen (secondary N) is 1. The van der Waals surface area contributed by atoms with Gasteiger partial charge in [0.2, 0.25) is 0 Å². The molecule has 6 heteroatoms. The quantitative estimate of drug-likeness (QED) is 0.751. The Labute approximate surface area is 125 Å². The van der Waals surface area contributed by atoms with Gasteiger partial charge in [0.25, 0.3) is 0 Å². The maximum atomic E-state index is 12.3. The van der Waals surface area contributed by atoms with E-state index in [1.807, 2.05) is 0 Å². The number of piperidine rings is 1. The van der Waals surface area contributed by atoms with Crippen LogP contribution in [0.25, 0.3) is 0 Å². The minimum absolute atomic E-state index is 0.0439. The first kappa shape index (κ1) is 16.1. The van der Waals surface area contributed by atoms with E-state index >= 15 is 0 Å². The van der Waals surface area contributed by atoms with Crippen molar-refractivity contribution in [2.24, 2.45) is 5.41 Å². The van der Waals surface area contributed by atoms with Crippen molar-refractivity contribution in [3.63, 3.8) is 0 Å². The molecule has 1 aliphatic carbocycles. The van der Waals surface area contributed by atoms with E-state index in [1.54, 1.807) is 12.0 Å². The third kappa shape index (κ3) is 4.59. The van der Waals surface area contributed by atoms with Crippen LogP contribution in [0.1, 0.15) is 44.9 Å². The van der Waals surface area contributed by atoms with Crippen molar-refractivity contribution < 1.29 is 19.4 Å². The van der Waals surface area contributed by atoms with Gasteiger partial charge in [-0.1, -0.05) is 0 Å². The Balaban J connectivity index is 1.82. The number of methoxy groups -OCH3 is 1. The fraction of sp³-hybridized carbons (Fsp3) is 0.867. The van der Waals surface area contributed by atoms with Crippen molar-refractivity contribution in [1.29, 1.82) is 0 Å². The SMILES string of the molecule is COCCC1(CNC(=O)N2CCCCC2CC(=O)O)CC1. The van der Waals surface area contributed by atoms with E-state index < -0.39 is 5.97 Å². The molecule has 2 aliphatic rings. The van der Waals surface area contributed by atoms with Crippen LogP contribution in [0.2, 0.25) is 0 Å². The van der Waals surface area contributed by atoms with E-state index in [4.69, 9.17) is 9.84 Å². The summed E-state index contributed by atoms with van der Waals surface area (Å²) in [6.07, 6.45) is 6.03. The van der Waals surface area contributed by atoms with Crippen LogP contribution >= 0.6 is 0 Å².